The van der Waals surface area contributed by atoms with Crippen LogP contribution < -0.4 is 16.2 Å². The SMILES string of the molecule is O=C(N[C@@H](Cc1c[nH]c2ccccc12)C(=O)NNC(=O)C1CCCCC1)c1ccc(F)cc1. The molecule has 3 aromatic rings. The van der Waals surface area contributed by atoms with E-state index in [0.717, 1.165) is 48.6 Å². The van der Waals surface area contributed by atoms with Crippen molar-refractivity contribution in [2.75, 3.05) is 0 Å². The van der Waals surface area contributed by atoms with Crippen LogP contribution in [-0.4, -0.2) is 28.7 Å². The van der Waals surface area contributed by atoms with Crippen LogP contribution in [0.3, 0.4) is 0 Å². The molecule has 1 aliphatic carbocycles. The molecule has 33 heavy (non-hydrogen) atoms. The number of fused-ring (bicyclic) bond motifs is 1. The Bertz CT molecular complexity index is 1140. The summed E-state index contributed by atoms with van der Waals surface area (Å²) < 4.78 is 13.2. The third kappa shape index (κ3) is 5.58. The van der Waals surface area contributed by atoms with Gasteiger partial charge >= 0.3 is 0 Å². The number of H-pyrrole nitrogens is 1. The third-order valence-electron chi connectivity index (χ3n) is 6.11. The fourth-order valence-electron chi connectivity index (χ4n) is 4.25. The molecule has 2 aromatic carbocycles. The molecule has 1 aliphatic rings. The van der Waals surface area contributed by atoms with Gasteiger partial charge in [-0.15, -0.1) is 0 Å². The summed E-state index contributed by atoms with van der Waals surface area (Å²) in [5.74, 6) is -1.81. The van der Waals surface area contributed by atoms with Gasteiger partial charge in [0.15, 0.2) is 0 Å². The molecule has 1 heterocycles. The van der Waals surface area contributed by atoms with Gasteiger partial charge in [0.1, 0.15) is 11.9 Å². The van der Waals surface area contributed by atoms with E-state index in [2.05, 4.69) is 21.2 Å². The zero-order chi connectivity index (χ0) is 23.2. The lowest BCUT2D eigenvalue weighted by atomic mass is 9.89. The maximum absolute atomic E-state index is 13.2. The summed E-state index contributed by atoms with van der Waals surface area (Å²) >= 11 is 0. The van der Waals surface area contributed by atoms with Gasteiger partial charge in [0.25, 0.3) is 11.8 Å². The lowest BCUT2D eigenvalue weighted by Gasteiger charge is -2.22. The molecule has 0 radical (unpaired) electrons. The number of hydrogen-bond donors (Lipinski definition) is 4. The van der Waals surface area contributed by atoms with Crippen LogP contribution in [0.2, 0.25) is 0 Å². The number of hydrogen-bond acceptors (Lipinski definition) is 3. The molecule has 0 spiro atoms. The summed E-state index contributed by atoms with van der Waals surface area (Å²) in [6.07, 6.45) is 6.76. The van der Waals surface area contributed by atoms with Crippen molar-refractivity contribution in [1.82, 2.24) is 21.2 Å². The number of halogens is 1. The highest BCUT2D eigenvalue weighted by Crippen LogP contribution is 2.23. The first-order valence-electron chi connectivity index (χ1n) is 11.2. The predicted molar refractivity (Wildman–Crippen MR) is 123 cm³/mol. The molecule has 1 atom stereocenters. The molecule has 0 unspecified atom stereocenters. The van der Waals surface area contributed by atoms with E-state index in [1.54, 1.807) is 6.20 Å². The number of benzene rings is 2. The number of aromatic amines is 1. The number of carbonyl (C=O) groups is 3. The van der Waals surface area contributed by atoms with Crippen LogP contribution in [-0.2, 0) is 16.0 Å². The Hall–Kier alpha value is -3.68. The van der Waals surface area contributed by atoms with Crippen molar-refractivity contribution in [3.8, 4) is 0 Å². The van der Waals surface area contributed by atoms with E-state index >= 15 is 0 Å². The van der Waals surface area contributed by atoms with Gasteiger partial charge in [-0.3, -0.25) is 25.2 Å². The van der Waals surface area contributed by atoms with Crippen LogP contribution in [0, 0.1) is 11.7 Å². The molecule has 0 aliphatic heterocycles. The number of hydrazine groups is 1. The molecular weight excluding hydrogens is 423 g/mol. The van der Waals surface area contributed by atoms with Gasteiger partial charge in [0, 0.05) is 35.0 Å². The molecule has 172 valence electrons. The van der Waals surface area contributed by atoms with Gasteiger partial charge in [-0.1, -0.05) is 37.5 Å². The zero-order valence-electron chi connectivity index (χ0n) is 18.2. The second kappa shape index (κ2) is 10.3. The Morgan fingerprint density at radius 2 is 1.70 bits per heavy atom. The van der Waals surface area contributed by atoms with Gasteiger partial charge in [-0.05, 0) is 48.7 Å². The van der Waals surface area contributed by atoms with Crippen LogP contribution in [0.1, 0.15) is 48.0 Å². The standard InChI is InChI=1S/C25H27FN4O3/c26-19-12-10-17(11-13-19)23(31)28-22(14-18-15-27-21-9-5-4-8-20(18)21)25(33)30-29-24(32)16-6-2-1-3-7-16/h4-5,8-13,15-16,22,27H,1-3,6-7,14H2,(H,28,31)(H,29,32)(H,30,33)/t22-/m0/s1. The van der Waals surface area contributed by atoms with Crippen LogP contribution >= 0.6 is 0 Å². The monoisotopic (exact) mass is 450 g/mol. The second-order valence-electron chi connectivity index (χ2n) is 8.41. The van der Waals surface area contributed by atoms with Gasteiger partial charge in [0.2, 0.25) is 5.91 Å². The fourth-order valence-corrected chi connectivity index (χ4v) is 4.25. The molecule has 1 aromatic heterocycles. The van der Waals surface area contributed by atoms with Crippen LogP contribution in [0.5, 0.6) is 0 Å². The van der Waals surface area contributed by atoms with Gasteiger partial charge in [0.05, 0.1) is 0 Å². The van der Waals surface area contributed by atoms with Gasteiger partial charge in [-0.2, -0.15) is 0 Å². The smallest absolute Gasteiger partial charge is 0.261 e. The van der Waals surface area contributed by atoms with E-state index in [9.17, 15) is 18.8 Å². The molecule has 4 N–H and O–H groups in total. The number of carbonyl (C=O) groups excluding carboxylic acids is 3. The van der Waals surface area contributed by atoms with Crippen molar-refractivity contribution in [3.05, 3.63) is 71.7 Å². The lowest BCUT2D eigenvalue weighted by Crippen LogP contribution is -2.54. The first-order valence-corrected chi connectivity index (χ1v) is 11.2. The van der Waals surface area contributed by atoms with Crippen LogP contribution in [0.15, 0.2) is 54.7 Å². The van der Waals surface area contributed by atoms with E-state index in [-0.39, 0.29) is 23.8 Å². The largest absolute Gasteiger partial charge is 0.361 e. The third-order valence-corrected chi connectivity index (χ3v) is 6.11. The van der Waals surface area contributed by atoms with E-state index in [1.165, 1.54) is 24.3 Å². The number of amides is 3. The van der Waals surface area contributed by atoms with Gasteiger partial charge < -0.3 is 10.3 Å². The maximum Gasteiger partial charge on any atom is 0.261 e. The summed E-state index contributed by atoms with van der Waals surface area (Å²) in [5, 5.41) is 3.66. The molecule has 1 saturated carbocycles. The second-order valence-corrected chi connectivity index (χ2v) is 8.41. The number of para-hydroxylation sites is 1. The highest BCUT2D eigenvalue weighted by atomic mass is 19.1. The van der Waals surface area contributed by atoms with E-state index in [1.807, 2.05) is 24.3 Å². The van der Waals surface area contributed by atoms with Crippen molar-refractivity contribution in [2.45, 2.75) is 44.6 Å². The van der Waals surface area contributed by atoms with Crippen molar-refractivity contribution >= 4 is 28.6 Å². The summed E-state index contributed by atoms with van der Waals surface area (Å²) in [6, 6.07) is 11.8. The highest BCUT2D eigenvalue weighted by molar-refractivity contribution is 5.98. The highest BCUT2D eigenvalue weighted by Gasteiger charge is 2.26. The van der Waals surface area contributed by atoms with Crippen molar-refractivity contribution in [2.24, 2.45) is 5.92 Å². The van der Waals surface area contributed by atoms with E-state index < -0.39 is 23.7 Å². The minimum Gasteiger partial charge on any atom is -0.361 e. The van der Waals surface area contributed by atoms with Crippen molar-refractivity contribution < 1.29 is 18.8 Å². The Balaban J connectivity index is 1.48. The predicted octanol–water partition coefficient (Wildman–Crippen LogP) is 3.38. The van der Waals surface area contributed by atoms with Crippen molar-refractivity contribution in [3.63, 3.8) is 0 Å². The average Bonchev–Trinajstić information content (AvgIpc) is 3.25. The Labute approximate surface area is 191 Å². The minimum atomic E-state index is -0.951. The summed E-state index contributed by atoms with van der Waals surface area (Å²) in [5.41, 5.74) is 7.01. The quantitative estimate of drug-likeness (QED) is 0.433. The molecular formula is C25H27FN4O3. The van der Waals surface area contributed by atoms with Crippen LogP contribution in [0.25, 0.3) is 10.9 Å². The van der Waals surface area contributed by atoms with Crippen LogP contribution in [0.4, 0.5) is 4.39 Å². The first-order chi connectivity index (χ1) is 16.0. The molecule has 1 fully saturated rings. The molecule has 8 heteroatoms. The lowest BCUT2D eigenvalue weighted by molar-refractivity contribution is -0.132. The normalized spacial score (nSPS) is 15.1. The minimum absolute atomic E-state index is 0.111. The molecule has 0 saturated heterocycles. The molecule has 0 bridgehead atoms. The summed E-state index contributed by atoms with van der Waals surface area (Å²) in [4.78, 5) is 41.3. The van der Waals surface area contributed by atoms with E-state index in [0.29, 0.717) is 0 Å². The van der Waals surface area contributed by atoms with E-state index in [4.69, 9.17) is 0 Å². The van der Waals surface area contributed by atoms with Gasteiger partial charge in [-0.25, -0.2) is 4.39 Å². The number of rotatable bonds is 6. The Morgan fingerprint density at radius 1 is 0.970 bits per heavy atom. The Kier molecular flexibility index (Phi) is 7.02. The average molecular weight is 451 g/mol. The maximum atomic E-state index is 13.2. The first kappa shape index (κ1) is 22.5. The fraction of sp³-hybridized carbons (Fsp3) is 0.320. The topological polar surface area (TPSA) is 103 Å². The molecule has 3 amide bonds. The number of aromatic nitrogens is 1. The zero-order valence-corrected chi connectivity index (χ0v) is 18.2. The Morgan fingerprint density at radius 3 is 2.45 bits per heavy atom. The number of nitrogens with one attached hydrogen (secondary N) is 4. The molecule has 4 rings (SSSR count). The summed E-state index contributed by atoms with van der Waals surface area (Å²) in [7, 11) is 0. The molecule has 7 nitrogen and oxygen atoms in total. The van der Waals surface area contributed by atoms with Crippen molar-refractivity contribution in [1.29, 1.82) is 0 Å². The summed E-state index contributed by atoms with van der Waals surface area (Å²) in [6.45, 7) is 0.